The highest BCUT2D eigenvalue weighted by molar-refractivity contribution is 8.22. The predicted molar refractivity (Wildman–Crippen MR) is 110 cm³/mol. The normalized spacial score (nSPS) is 43.9. The number of ether oxygens (including phenoxy) is 2. The van der Waals surface area contributed by atoms with Crippen LogP contribution in [0.2, 0.25) is 0 Å². The van der Waals surface area contributed by atoms with Gasteiger partial charge in [-0.05, 0) is 37.5 Å². The van der Waals surface area contributed by atoms with Crippen LogP contribution in [0, 0.1) is 22.7 Å². The summed E-state index contributed by atoms with van der Waals surface area (Å²) in [5.74, 6) is 4.94. The van der Waals surface area contributed by atoms with E-state index in [0.717, 1.165) is 42.3 Å². The van der Waals surface area contributed by atoms with E-state index >= 15 is 0 Å². The topological polar surface area (TPSA) is 52.6 Å². The summed E-state index contributed by atoms with van der Waals surface area (Å²) < 4.78 is 10.6. The van der Waals surface area contributed by atoms with E-state index in [0.29, 0.717) is 18.3 Å². The summed E-state index contributed by atoms with van der Waals surface area (Å²) in [4.78, 5) is 26.5. The molecule has 0 aromatic rings. The van der Waals surface area contributed by atoms with Gasteiger partial charge in [0.25, 0.3) is 0 Å². The molecule has 0 radical (unpaired) electrons. The zero-order valence-corrected chi connectivity index (χ0v) is 18.3. The zero-order valence-electron chi connectivity index (χ0n) is 15.1. The first-order chi connectivity index (χ1) is 12.5. The van der Waals surface area contributed by atoms with Crippen LogP contribution in [0.25, 0.3) is 0 Å². The van der Waals surface area contributed by atoms with Crippen LogP contribution in [-0.4, -0.2) is 57.3 Å². The van der Waals surface area contributed by atoms with Gasteiger partial charge >= 0.3 is 11.9 Å². The number of hydrogen-bond acceptors (Lipinski definition) is 8. The molecule has 8 heteroatoms. The Kier molecular flexibility index (Phi) is 4.19. The molecule has 6 rings (SSSR count). The lowest BCUT2D eigenvalue weighted by Crippen LogP contribution is -2.75. The van der Waals surface area contributed by atoms with Crippen molar-refractivity contribution in [2.45, 2.75) is 33.8 Å². The van der Waals surface area contributed by atoms with E-state index in [2.05, 4.69) is 0 Å². The first-order valence-electron chi connectivity index (χ1n) is 9.23. The van der Waals surface area contributed by atoms with Crippen LogP contribution in [0.3, 0.4) is 0 Å². The largest absolute Gasteiger partial charge is 0.469 e. The molecule has 4 atom stereocenters. The van der Waals surface area contributed by atoms with Gasteiger partial charge in [0.2, 0.25) is 0 Å². The van der Waals surface area contributed by atoms with Gasteiger partial charge in [0.05, 0.1) is 33.2 Å². The molecule has 0 N–H and O–H groups in total. The van der Waals surface area contributed by atoms with Crippen molar-refractivity contribution in [2.75, 3.05) is 37.2 Å². The molecule has 0 aromatic carbocycles. The monoisotopic (exact) mass is 432 g/mol. The van der Waals surface area contributed by atoms with Crippen LogP contribution >= 0.6 is 47.0 Å². The Morgan fingerprint density at radius 2 is 1.15 bits per heavy atom. The van der Waals surface area contributed by atoms with Crippen molar-refractivity contribution >= 4 is 59.0 Å². The lowest BCUT2D eigenvalue weighted by molar-refractivity contribution is -0.192. The van der Waals surface area contributed by atoms with Crippen LogP contribution < -0.4 is 0 Å². The Hall–Kier alpha value is 0.340. The van der Waals surface area contributed by atoms with Gasteiger partial charge in [-0.25, -0.2) is 0 Å². The fraction of sp³-hybridized carbons (Fsp3) is 0.889. The van der Waals surface area contributed by atoms with Crippen molar-refractivity contribution in [3.05, 3.63) is 0 Å². The minimum Gasteiger partial charge on any atom is -0.469 e. The highest BCUT2D eigenvalue weighted by Gasteiger charge is 2.82. The van der Waals surface area contributed by atoms with E-state index in [1.807, 2.05) is 47.0 Å². The Bertz CT molecular complexity index is 604. The highest BCUT2D eigenvalue weighted by atomic mass is 32.2. The van der Waals surface area contributed by atoms with Crippen molar-refractivity contribution in [1.29, 1.82) is 0 Å². The summed E-state index contributed by atoms with van der Waals surface area (Å²) in [6, 6.07) is 0. The molecule has 26 heavy (non-hydrogen) atoms. The summed E-state index contributed by atoms with van der Waals surface area (Å²) in [5.41, 5.74) is -1.11. The molecule has 4 saturated carbocycles. The minimum absolute atomic E-state index is 0.0927. The van der Waals surface area contributed by atoms with Gasteiger partial charge in [0.15, 0.2) is 0 Å². The van der Waals surface area contributed by atoms with E-state index in [1.165, 1.54) is 14.2 Å². The van der Waals surface area contributed by atoms with Crippen LogP contribution in [-0.2, 0) is 19.1 Å². The summed E-state index contributed by atoms with van der Waals surface area (Å²) >= 11 is 7.87. The first-order valence-corrected chi connectivity index (χ1v) is 13.2. The fourth-order valence-electron chi connectivity index (χ4n) is 6.77. The second-order valence-electron chi connectivity index (χ2n) is 8.09. The average molecular weight is 433 g/mol. The van der Waals surface area contributed by atoms with E-state index < -0.39 is 10.8 Å². The maximum atomic E-state index is 13.3. The van der Waals surface area contributed by atoms with Crippen molar-refractivity contribution in [1.82, 2.24) is 0 Å². The molecule has 4 aliphatic carbocycles. The van der Waals surface area contributed by atoms with Gasteiger partial charge < -0.3 is 9.47 Å². The molecular formula is C18H24O4S4. The fourth-order valence-corrected chi connectivity index (χ4v) is 14.7. The smallest absolute Gasteiger partial charge is 0.314 e. The summed E-state index contributed by atoms with van der Waals surface area (Å²) in [6.07, 6.45) is 3.48. The van der Waals surface area contributed by atoms with E-state index in [4.69, 9.17) is 9.47 Å². The van der Waals surface area contributed by atoms with Gasteiger partial charge in [0, 0.05) is 23.0 Å². The molecule has 4 nitrogen and oxygen atoms in total. The Balaban J connectivity index is 1.70. The van der Waals surface area contributed by atoms with Crippen molar-refractivity contribution in [2.24, 2.45) is 22.7 Å². The SMILES string of the molecule is COC(=O)[C@]12C[C@@H]3C[C@H](C[C@](C(=O)OC)(C1)C31SCCS1)C21SCCS1. The van der Waals surface area contributed by atoms with Crippen LogP contribution in [0.1, 0.15) is 25.7 Å². The number of thioether (sulfide) groups is 4. The molecule has 2 aliphatic heterocycles. The van der Waals surface area contributed by atoms with Crippen LogP contribution in [0.5, 0.6) is 0 Å². The average Bonchev–Trinajstić information content (AvgIpc) is 3.32. The molecule has 6 aliphatic rings. The molecular weight excluding hydrogens is 408 g/mol. The van der Waals surface area contributed by atoms with E-state index in [1.54, 1.807) is 0 Å². The molecule has 0 aromatic heterocycles. The molecule has 6 fully saturated rings. The minimum atomic E-state index is -0.553. The van der Waals surface area contributed by atoms with Crippen LogP contribution in [0.4, 0.5) is 0 Å². The van der Waals surface area contributed by atoms with Crippen molar-refractivity contribution in [3.8, 4) is 0 Å². The second kappa shape index (κ2) is 5.92. The molecule has 2 spiro atoms. The molecule has 0 unspecified atom stereocenters. The molecule has 2 saturated heterocycles. The maximum Gasteiger partial charge on any atom is 0.314 e. The third-order valence-corrected chi connectivity index (χ3v) is 15.5. The van der Waals surface area contributed by atoms with Gasteiger partial charge in [0.1, 0.15) is 0 Å². The molecule has 0 amide bonds. The third kappa shape index (κ3) is 1.86. The summed E-state index contributed by atoms with van der Waals surface area (Å²) in [7, 11) is 3.02. The maximum absolute atomic E-state index is 13.3. The van der Waals surface area contributed by atoms with Crippen LogP contribution in [0.15, 0.2) is 0 Å². The number of esters is 2. The van der Waals surface area contributed by atoms with E-state index in [9.17, 15) is 9.59 Å². The number of carbonyl (C=O) groups excluding carboxylic acids is 2. The lowest BCUT2D eigenvalue weighted by atomic mass is 9.43. The lowest BCUT2D eigenvalue weighted by Gasteiger charge is -2.72. The Labute approximate surface area is 171 Å². The molecule has 2 heterocycles. The molecule has 144 valence electrons. The van der Waals surface area contributed by atoms with Crippen molar-refractivity contribution < 1.29 is 19.1 Å². The van der Waals surface area contributed by atoms with Gasteiger partial charge in [-0.1, -0.05) is 0 Å². The van der Waals surface area contributed by atoms with E-state index in [-0.39, 0.29) is 20.1 Å². The third-order valence-electron chi connectivity index (χ3n) is 7.36. The zero-order chi connectivity index (χ0) is 18.2. The number of hydrogen-bond donors (Lipinski definition) is 0. The van der Waals surface area contributed by atoms with Gasteiger partial charge in [-0.2, -0.15) is 0 Å². The Morgan fingerprint density at radius 1 is 0.769 bits per heavy atom. The second-order valence-corrected chi connectivity index (χ2v) is 14.0. The summed E-state index contributed by atoms with van der Waals surface area (Å²) in [5, 5.41) is 0. The number of carbonyl (C=O) groups is 2. The first kappa shape index (κ1) is 18.4. The quantitative estimate of drug-likeness (QED) is 0.615. The number of methoxy groups -OCH3 is 2. The summed E-state index contributed by atoms with van der Waals surface area (Å²) in [6.45, 7) is 0. The molecule has 4 bridgehead atoms. The number of rotatable bonds is 2. The standard InChI is InChI=1S/C18H24O4S4/c1-21-13(19)15-8-11-7-12(17(15)23-3-4-24-17)9-16(10-15,14(20)22-2)18(11)25-5-6-26-18/h11-12H,3-10H2,1-2H3/t11-,12+,15-,16+. The highest BCUT2D eigenvalue weighted by Crippen LogP contribution is 2.83. The van der Waals surface area contributed by atoms with Gasteiger partial charge in [-0.15, -0.1) is 47.0 Å². The van der Waals surface area contributed by atoms with Gasteiger partial charge in [-0.3, -0.25) is 9.59 Å². The Morgan fingerprint density at radius 3 is 1.50 bits per heavy atom. The van der Waals surface area contributed by atoms with Crippen molar-refractivity contribution in [3.63, 3.8) is 0 Å². The predicted octanol–water partition coefficient (Wildman–Crippen LogP) is 3.49.